The van der Waals surface area contributed by atoms with Crippen molar-refractivity contribution in [3.05, 3.63) is 24.3 Å². The Labute approximate surface area is 118 Å². The maximum atomic E-state index is 12.0. The third-order valence-electron chi connectivity index (χ3n) is 3.01. The fourth-order valence-corrected chi connectivity index (χ4v) is 1.95. The molecule has 1 aromatic carbocycles. The molecule has 4 N–H and O–H groups in total. The van der Waals surface area contributed by atoms with Crippen LogP contribution in [0.2, 0.25) is 0 Å². The highest BCUT2D eigenvalue weighted by atomic mass is 16.4. The Morgan fingerprint density at radius 1 is 1.40 bits per heavy atom. The zero-order valence-corrected chi connectivity index (χ0v) is 11.8. The highest BCUT2D eigenvalue weighted by Gasteiger charge is 2.23. The molecule has 0 saturated heterocycles. The van der Waals surface area contributed by atoms with Crippen molar-refractivity contribution in [2.24, 2.45) is 0 Å². The summed E-state index contributed by atoms with van der Waals surface area (Å²) in [6, 6.07) is 6.63. The van der Waals surface area contributed by atoms with Crippen molar-refractivity contribution < 1.29 is 14.7 Å². The minimum atomic E-state index is -0.910. The molecule has 0 aliphatic rings. The van der Waals surface area contributed by atoms with E-state index in [1.807, 2.05) is 13.0 Å². The summed E-state index contributed by atoms with van der Waals surface area (Å²) in [6.45, 7) is 4.32. The number of anilines is 2. The highest BCUT2D eigenvalue weighted by Crippen LogP contribution is 2.24. The number of carboxylic acids is 1. The molecule has 1 rings (SSSR count). The summed E-state index contributed by atoms with van der Waals surface area (Å²) < 4.78 is 0. The number of likely N-dealkylation sites (N-methyl/N-ethyl adjacent to an activating group) is 1. The van der Waals surface area contributed by atoms with E-state index in [2.05, 4.69) is 5.32 Å². The van der Waals surface area contributed by atoms with Gasteiger partial charge in [0, 0.05) is 13.1 Å². The number of amides is 1. The van der Waals surface area contributed by atoms with Crippen LogP contribution in [0.1, 0.15) is 20.3 Å². The van der Waals surface area contributed by atoms with Crippen molar-refractivity contribution in [1.82, 2.24) is 5.32 Å². The first-order chi connectivity index (χ1) is 9.47. The molecule has 20 heavy (non-hydrogen) atoms. The number of hydrogen-bond acceptors (Lipinski definition) is 4. The Hall–Kier alpha value is -2.24. The van der Waals surface area contributed by atoms with E-state index in [4.69, 9.17) is 10.8 Å². The number of hydrogen-bond donors (Lipinski definition) is 3. The Morgan fingerprint density at radius 3 is 2.60 bits per heavy atom. The van der Waals surface area contributed by atoms with E-state index in [1.165, 1.54) is 0 Å². The third kappa shape index (κ3) is 4.15. The lowest BCUT2D eigenvalue weighted by Gasteiger charge is -2.31. The van der Waals surface area contributed by atoms with Crippen molar-refractivity contribution in [2.45, 2.75) is 26.3 Å². The van der Waals surface area contributed by atoms with Gasteiger partial charge in [-0.2, -0.15) is 0 Å². The normalized spacial score (nSPS) is 11.7. The Kier molecular flexibility index (Phi) is 5.83. The van der Waals surface area contributed by atoms with Crippen molar-refractivity contribution in [3.8, 4) is 0 Å². The second-order valence-corrected chi connectivity index (χ2v) is 4.47. The molecule has 110 valence electrons. The smallest absolute Gasteiger partial charge is 0.305 e. The zero-order chi connectivity index (χ0) is 15.1. The zero-order valence-electron chi connectivity index (χ0n) is 11.8. The maximum absolute atomic E-state index is 12.0. The van der Waals surface area contributed by atoms with Crippen LogP contribution in [0.3, 0.4) is 0 Å². The van der Waals surface area contributed by atoms with Crippen LogP contribution in [-0.4, -0.2) is 36.1 Å². The van der Waals surface area contributed by atoms with Crippen LogP contribution in [0.15, 0.2) is 24.3 Å². The first kappa shape index (κ1) is 15.8. The summed E-state index contributed by atoms with van der Waals surface area (Å²) >= 11 is 0. The number of aliphatic carboxylic acids is 1. The summed E-state index contributed by atoms with van der Waals surface area (Å²) in [5.74, 6) is -1.06. The number of para-hydroxylation sites is 2. The van der Waals surface area contributed by atoms with Gasteiger partial charge in [-0.05, 0) is 26.0 Å². The second-order valence-electron chi connectivity index (χ2n) is 4.47. The van der Waals surface area contributed by atoms with Crippen molar-refractivity contribution in [2.75, 3.05) is 23.7 Å². The van der Waals surface area contributed by atoms with Gasteiger partial charge in [0.15, 0.2) is 0 Å². The minimum absolute atomic E-state index is 0.0575. The molecule has 6 nitrogen and oxygen atoms in total. The van der Waals surface area contributed by atoms with E-state index in [-0.39, 0.29) is 18.9 Å². The number of nitrogens with one attached hydrogen (secondary N) is 1. The first-order valence-corrected chi connectivity index (χ1v) is 6.58. The summed E-state index contributed by atoms with van der Waals surface area (Å²) in [7, 11) is 0. The van der Waals surface area contributed by atoms with Crippen molar-refractivity contribution in [3.63, 3.8) is 0 Å². The lowest BCUT2D eigenvalue weighted by Crippen LogP contribution is -2.46. The first-order valence-electron chi connectivity index (χ1n) is 6.58. The summed E-state index contributed by atoms with van der Waals surface area (Å²) in [5.41, 5.74) is 7.11. The topological polar surface area (TPSA) is 95.7 Å². The van der Waals surface area contributed by atoms with E-state index in [9.17, 15) is 9.59 Å². The van der Waals surface area contributed by atoms with Gasteiger partial charge in [0.2, 0.25) is 5.91 Å². The van der Waals surface area contributed by atoms with Crippen LogP contribution in [0.4, 0.5) is 11.4 Å². The van der Waals surface area contributed by atoms with Crippen LogP contribution in [0.5, 0.6) is 0 Å². The van der Waals surface area contributed by atoms with Gasteiger partial charge in [0.05, 0.1) is 17.8 Å². The molecular weight excluding hydrogens is 258 g/mol. The molecule has 1 unspecified atom stereocenters. The lowest BCUT2D eigenvalue weighted by molar-refractivity contribution is -0.137. The molecule has 0 aliphatic carbocycles. The van der Waals surface area contributed by atoms with E-state index < -0.39 is 12.0 Å². The largest absolute Gasteiger partial charge is 0.481 e. The van der Waals surface area contributed by atoms with Crippen LogP contribution in [-0.2, 0) is 9.59 Å². The number of rotatable bonds is 7. The standard InChI is InChI=1S/C14H21N3O3/c1-3-16-14(20)10(2)17(9-8-13(18)19)12-7-5-4-6-11(12)15/h4-7,10H,3,8-9,15H2,1-2H3,(H,16,20)(H,18,19). The SMILES string of the molecule is CCNC(=O)C(C)N(CCC(=O)O)c1ccccc1N. The van der Waals surface area contributed by atoms with Gasteiger partial charge in [-0.1, -0.05) is 12.1 Å². The van der Waals surface area contributed by atoms with Crippen LogP contribution < -0.4 is 16.0 Å². The molecule has 1 atom stereocenters. The monoisotopic (exact) mass is 279 g/mol. The molecule has 0 aliphatic heterocycles. The Balaban J connectivity index is 2.98. The number of nitrogens with zero attached hydrogens (tertiary/aromatic N) is 1. The van der Waals surface area contributed by atoms with E-state index in [0.717, 1.165) is 0 Å². The van der Waals surface area contributed by atoms with Crippen molar-refractivity contribution >= 4 is 23.3 Å². The summed E-state index contributed by atoms with van der Waals surface area (Å²) in [6.07, 6.45) is -0.0575. The molecule has 1 aromatic rings. The fraction of sp³-hybridized carbons (Fsp3) is 0.429. The molecule has 0 bridgehead atoms. The van der Waals surface area contributed by atoms with E-state index in [0.29, 0.717) is 17.9 Å². The van der Waals surface area contributed by atoms with Gasteiger partial charge < -0.3 is 21.1 Å². The quantitative estimate of drug-likeness (QED) is 0.649. The number of carboxylic acid groups (broad SMARTS) is 1. The lowest BCUT2D eigenvalue weighted by atomic mass is 10.1. The van der Waals surface area contributed by atoms with Gasteiger partial charge in [0.1, 0.15) is 6.04 Å². The predicted molar refractivity (Wildman–Crippen MR) is 78.6 cm³/mol. The molecular formula is C14H21N3O3. The van der Waals surface area contributed by atoms with E-state index >= 15 is 0 Å². The molecule has 0 fully saturated rings. The minimum Gasteiger partial charge on any atom is -0.481 e. The van der Waals surface area contributed by atoms with Gasteiger partial charge >= 0.3 is 5.97 Å². The van der Waals surface area contributed by atoms with Crippen molar-refractivity contribution in [1.29, 1.82) is 0 Å². The Morgan fingerprint density at radius 2 is 2.05 bits per heavy atom. The average molecular weight is 279 g/mol. The molecule has 1 amide bonds. The second kappa shape index (κ2) is 7.37. The van der Waals surface area contributed by atoms with Gasteiger partial charge in [-0.3, -0.25) is 9.59 Å². The number of carbonyl (C=O) groups excluding carboxylic acids is 1. The summed E-state index contributed by atoms with van der Waals surface area (Å²) in [5, 5.41) is 11.6. The molecule has 0 aromatic heterocycles. The molecule has 0 radical (unpaired) electrons. The van der Waals surface area contributed by atoms with Crippen LogP contribution in [0.25, 0.3) is 0 Å². The van der Waals surface area contributed by atoms with Crippen LogP contribution in [0, 0.1) is 0 Å². The summed E-state index contributed by atoms with van der Waals surface area (Å²) in [4.78, 5) is 24.5. The number of benzene rings is 1. The number of carbonyl (C=O) groups is 2. The van der Waals surface area contributed by atoms with E-state index in [1.54, 1.807) is 30.0 Å². The molecule has 0 saturated carbocycles. The Bertz CT molecular complexity index is 476. The average Bonchev–Trinajstić information content (AvgIpc) is 2.40. The van der Waals surface area contributed by atoms with Gasteiger partial charge in [0.25, 0.3) is 0 Å². The maximum Gasteiger partial charge on any atom is 0.305 e. The molecule has 6 heteroatoms. The fourth-order valence-electron chi connectivity index (χ4n) is 1.95. The predicted octanol–water partition coefficient (Wildman–Crippen LogP) is 1.07. The number of nitrogen functional groups attached to an aromatic ring is 1. The molecule has 0 heterocycles. The third-order valence-corrected chi connectivity index (χ3v) is 3.01. The van der Waals surface area contributed by atoms with Crippen LogP contribution >= 0.6 is 0 Å². The number of nitrogens with two attached hydrogens (primary N) is 1. The van der Waals surface area contributed by atoms with Gasteiger partial charge in [-0.15, -0.1) is 0 Å². The van der Waals surface area contributed by atoms with Gasteiger partial charge in [-0.25, -0.2) is 0 Å². The highest BCUT2D eigenvalue weighted by molar-refractivity contribution is 5.86. The molecule has 0 spiro atoms.